The molecule has 2 amide bonds. The van der Waals surface area contributed by atoms with Crippen LogP contribution in [0.5, 0.6) is 0 Å². The average molecular weight is 363 g/mol. The van der Waals surface area contributed by atoms with E-state index in [1.807, 2.05) is 54.8 Å². The third-order valence-electron chi connectivity index (χ3n) is 4.19. The molecule has 26 heavy (non-hydrogen) atoms. The second kappa shape index (κ2) is 6.61. The maximum atomic E-state index is 12.6. The number of benzene rings is 2. The van der Waals surface area contributed by atoms with E-state index in [2.05, 4.69) is 20.3 Å². The molecule has 2 aromatic heterocycles. The molecule has 6 nitrogen and oxygen atoms in total. The highest BCUT2D eigenvalue weighted by Gasteiger charge is 2.14. The Morgan fingerprint density at radius 3 is 2.85 bits per heavy atom. The topological polar surface area (TPSA) is 73.9 Å². The van der Waals surface area contributed by atoms with Gasteiger partial charge in [0.1, 0.15) is 5.69 Å². The zero-order chi connectivity index (χ0) is 18.1. The zero-order valence-electron chi connectivity index (χ0n) is 14.4. The summed E-state index contributed by atoms with van der Waals surface area (Å²) in [4.78, 5) is 26.2. The molecule has 130 valence electrons. The van der Waals surface area contributed by atoms with Crippen LogP contribution in [0.1, 0.15) is 5.56 Å². The van der Waals surface area contributed by atoms with Crippen molar-refractivity contribution in [3.8, 4) is 11.5 Å². The Bertz CT molecular complexity index is 1070. The number of hydrogen-bond donors (Lipinski definition) is 2. The molecule has 0 radical (unpaired) electrons. The van der Waals surface area contributed by atoms with Crippen molar-refractivity contribution in [1.82, 2.24) is 15.0 Å². The zero-order valence-corrected chi connectivity index (χ0v) is 15.2. The molecule has 0 aliphatic heterocycles. The summed E-state index contributed by atoms with van der Waals surface area (Å²) in [7, 11) is 1.76. The number of aryl methyl sites for hydroxylation is 1. The highest BCUT2D eigenvalue weighted by Crippen LogP contribution is 2.24. The Hall–Kier alpha value is -3.19. The summed E-state index contributed by atoms with van der Waals surface area (Å²) in [5.41, 5.74) is 6.88. The fourth-order valence-electron chi connectivity index (χ4n) is 2.79. The summed E-state index contributed by atoms with van der Waals surface area (Å²) >= 11 is 1.52. The van der Waals surface area contributed by atoms with Crippen molar-refractivity contribution in [2.24, 2.45) is 0 Å². The van der Waals surface area contributed by atoms with Gasteiger partial charge in [0.25, 0.3) is 0 Å². The fourth-order valence-corrected chi connectivity index (χ4v) is 3.33. The summed E-state index contributed by atoms with van der Waals surface area (Å²) in [5.74, 6) is 0.724. The Morgan fingerprint density at radius 2 is 2.08 bits per heavy atom. The Labute approximate surface area is 154 Å². The molecule has 2 aromatic carbocycles. The third-order valence-corrected chi connectivity index (χ3v) is 4.78. The van der Waals surface area contributed by atoms with E-state index in [-0.39, 0.29) is 6.03 Å². The van der Waals surface area contributed by atoms with Crippen molar-refractivity contribution >= 4 is 39.8 Å². The van der Waals surface area contributed by atoms with Crippen molar-refractivity contribution in [3.05, 3.63) is 58.9 Å². The van der Waals surface area contributed by atoms with Crippen molar-refractivity contribution in [2.45, 2.75) is 6.92 Å². The molecule has 0 saturated heterocycles. The highest BCUT2D eigenvalue weighted by molar-refractivity contribution is 7.07. The second-order valence-electron chi connectivity index (χ2n) is 5.97. The number of anilines is 2. The number of hydrogen-bond acceptors (Lipinski definition) is 4. The van der Waals surface area contributed by atoms with Crippen LogP contribution in [0, 0.1) is 6.92 Å². The molecule has 2 heterocycles. The van der Waals surface area contributed by atoms with Gasteiger partial charge in [-0.15, -0.1) is 11.3 Å². The first-order valence-electron chi connectivity index (χ1n) is 8.10. The van der Waals surface area contributed by atoms with Crippen LogP contribution in [0.15, 0.2) is 53.4 Å². The standard InChI is InChI=1S/C19H17N5OS/c1-12-5-3-4-6-17(12)24(2)19(25)21-13-7-8-14-15(9-13)23-18(22-14)16-10-26-11-20-16/h3-11H,1-2H3,(H,21,25)(H,22,23). The van der Waals surface area contributed by atoms with Crippen LogP contribution in [0.4, 0.5) is 16.2 Å². The maximum Gasteiger partial charge on any atom is 0.326 e. The van der Waals surface area contributed by atoms with Crippen molar-refractivity contribution < 1.29 is 4.79 Å². The van der Waals surface area contributed by atoms with Gasteiger partial charge >= 0.3 is 6.03 Å². The fraction of sp³-hybridized carbons (Fsp3) is 0.105. The van der Waals surface area contributed by atoms with Gasteiger partial charge in [-0.1, -0.05) is 18.2 Å². The minimum atomic E-state index is -0.200. The van der Waals surface area contributed by atoms with Gasteiger partial charge in [0.2, 0.25) is 0 Å². The quantitative estimate of drug-likeness (QED) is 0.556. The minimum absolute atomic E-state index is 0.200. The number of nitrogens with one attached hydrogen (secondary N) is 2. The summed E-state index contributed by atoms with van der Waals surface area (Å²) in [6.07, 6.45) is 0. The smallest absolute Gasteiger partial charge is 0.326 e. The molecule has 0 saturated carbocycles. The van der Waals surface area contributed by atoms with Crippen molar-refractivity contribution in [3.63, 3.8) is 0 Å². The molecule has 0 aliphatic carbocycles. The Balaban J connectivity index is 1.57. The van der Waals surface area contributed by atoms with Gasteiger partial charge in [-0.05, 0) is 36.8 Å². The molecule has 0 aliphatic rings. The van der Waals surface area contributed by atoms with E-state index in [1.54, 1.807) is 17.5 Å². The number of amides is 2. The molecule has 4 rings (SSSR count). The van der Waals surface area contributed by atoms with Gasteiger partial charge in [0, 0.05) is 23.8 Å². The summed E-state index contributed by atoms with van der Waals surface area (Å²) < 4.78 is 0. The molecular formula is C19H17N5OS. The molecule has 0 unspecified atom stereocenters. The molecule has 0 bridgehead atoms. The number of H-pyrrole nitrogens is 1. The van der Waals surface area contributed by atoms with Gasteiger partial charge in [0.15, 0.2) is 5.82 Å². The molecule has 0 spiro atoms. The third kappa shape index (κ3) is 3.04. The normalized spacial score (nSPS) is 10.8. The molecular weight excluding hydrogens is 346 g/mol. The van der Waals surface area contributed by atoms with E-state index in [1.165, 1.54) is 11.3 Å². The highest BCUT2D eigenvalue weighted by atomic mass is 32.1. The van der Waals surface area contributed by atoms with Gasteiger partial charge in [0.05, 0.1) is 16.5 Å². The first-order chi connectivity index (χ1) is 12.6. The molecule has 0 fully saturated rings. The van der Waals surface area contributed by atoms with Crippen LogP contribution >= 0.6 is 11.3 Å². The number of aromatic nitrogens is 3. The first-order valence-corrected chi connectivity index (χ1v) is 9.05. The van der Waals surface area contributed by atoms with E-state index < -0.39 is 0 Å². The first kappa shape index (κ1) is 16.3. The number of rotatable bonds is 3. The monoisotopic (exact) mass is 363 g/mol. The van der Waals surface area contributed by atoms with E-state index in [0.29, 0.717) is 5.69 Å². The lowest BCUT2D eigenvalue weighted by Crippen LogP contribution is -2.31. The number of urea groups is 1. The van der Waals surface area contributed by atoms with E-state index >= 15 is 0 Å². The minimum Gasteiger partial charge on any atom is -0.337 e. The van der Waals surface area contributed by atoms with Gasteiger partial charge in [-0.3, -0.25) is 4.90 Å². The summed E-state index contributed by atoms with van der Waals surface area (Å²) in [6.45, 7) is 1.98. The lowest BCUT2D eigenvalue weighted by Gasteiger charge is -2.20. The number of carbonyl (C=O) groups excluding carboxylic acids is 1. The van der Waals surface area contributed by atoms with E-state index in [9.17, 15) is 4.79 Å². The lowest BCUT2D eigenvalue weighted by molar-refractivity contribution is 0.258. The SMILES string of the molecule is Cc1ccccc1N(C)C(=O)Nc1ccc2[nH]c(-c3cscn3)nc2c1. The molecule has 0 atom stereocenters. The van der Waals surface area contributed by atoms with Crippen LogP contribution in [-0.4, -0.2) is 28.0 Å². The van der Waals surface area contributed by atoms with Crippen LogP contribution < -0.4 is 10.2 Å². The predicted molar refractivity (Wildman–Crippen MR) is 106 cm³/mol. The largest absolute Gasteiger partial charge is 0.337 e. The lowest BCUT2D eigenvalue weighted by atomic mass is 10.2. The number of thiazole rings is 1. The maximum absolute atomic E-state index is 12.6. The molecule has 4 aromatic rings. The molecule has 7 heteroatoms. The van der Waals surface area contributed by atoms with Gasteiger partial charge in [-0.25, -0.2) is 14.8 Å². The number of nitrogens with zero attached hydrogens (tertiary/aromatic N) is 3. The predicted octanol–water partition coefficient (Wildman–Crippen LogP) is 4.66. The van der Waals surface area contributed by atoms with E-state index in [0.717, 1.165) is 33.8 Å². The van der Waals surface area contributed by atoms with Crippen LogP contribution in [0.25, 0.3) is 22.6 Å². The average Bonchev–Trinajstić information content (AvgIpc) is 3.30. The van der Waals surface area contributed by atoms with Crippen molar-refractivity contribution in [1.29, 1.82) is 0 Å². The number of aromatic amines is 1. The van der Waals surface area contributed by atoms with Gasteiger partial charge in [-0.2, -0.15) is 0 Å². The van der Waals surface area contributed by atoms with E-state index in [4.69, 9.17) is 0 Å². The van der Waals surface area contributed by atoms with Gasteiger partial charge < -0.3 is 10.3 Å². The Kier molecular flexibility index (Phi) is 4.14. The number of imidazole rings is 1. The number of fused-ring (bicyclic) bond motifs is 1. The number of carbonyl (C=O) groups is 1. The molecule has 2 N–H and O–H groups in total. The summed E-state index contributed by atoms with van der Waals surface area (Å²) in [6, 6.07) is 13.2. The second-order valence-corrected chi connectivity index (χ2v) is 6.69. The number of para-hydroxylation sites is 1. The van der Waals surface area contributed by atoms with Crippen LogP contribution in [-0.2, 0) is 0 Å². The Morgan fingerprint density at radius 1 is 1.23 bits per heavy atom. The van der Waals surface area contributed by atoms with Crippen LogP contribution in [0.3, 0.4) is 0 Å². The van der Waals surface area contributed by atoms with Crippen molar-refractivity contribution in [2.75, 3.05) is 17.3 Å². The van der Waals surface area contributed by atoms with Crippen LogP contribution in [0.2, 0.25) is 0 Å². The summed E-state index contributed by atoms with van der Waals surface area (Å²) in [5, 5.41) is 4.87.